The number of nitrogens with one attached hydrogen (secondary N) is 1. The Bertz CT molecular complexity index is 502. The van der Waals surface area contributed by atoms with Gasteiger partial charge in [0.1, 0.15) is 0 Å². The number of hydrogen-bond acceptors (Lipinski definition) is 2. The first kappa shape index (κ1) is 17.5. The molecule has 24 heavy (non-hydrogen) atoms. The second kappa shape index (κ2) is 8.66. The van der Waals surface area contributed by atoms with Crippen LogP contribution in [0.15, 0.2) is 30.3 Å². The van der Waals surface area contributed by atoms with Crippen LogP contribution in [0.2, 0.25) is 0 Å². The average molecular weight is 329 g/mol. The SMILES string of the molecule is NC(=O)CC(NC1CCC(c2ccccc2)CC1)C1CCCCC1. The highest BCUT2D eigenvalue weighted by molar-refractivity contribution is 5.74. The van der Waals surface area contributed by atoms with Crippen LogP contribution in [0.25, 0.3) is 0 Å². The number of carbonyl (C=O) groups excluding carboxylic acids is 1. The van der Waals surface area contributed by atoms with Crippen molar-refractivity contribution in [1.29, 1.82) is 0 Å². The van der Waals surface area contributed by atoms with Gasteiger partial charge in [0.25, 0.3) is 0 Å². The zero-order chi connectivity index (χ0) is 16.8. The van der Waals surface area contributed by atoms with E-state index in [0.29, 0.717) is 30.3 Å². The maximum Gasteiger partial charge on any atom is 0.218 e. The van der Waals surface area contributed by atoms with Gasteiger partial charge in [0.2, 0.25) is 5.91 Å². The fourth-order valence-corrected chi connectivity index (χ4v) is 4.74. The third-order valence-electron chi connectivity index (χ3n) is 6.09. The summed E-state index contributed by atoms with van der Waals surface area (Å²) in [5.74, 6) is 1.18. The molecule has 0 aromatic heterocycles. The highest BCUT2D eigenvalue weighted by Crippen LogP contribution is 2.34. The predicted octanol–water partition coefficient (Wildman–Crippen LogP) is 4.13. The summed E-state index contributed by atoms with van der Waals surface area (Å²) >= 11 is 0. The van der Waals surface area contributed by atoms with Gasteiger partial charge in [-0.15, -0.1) is 0 Å². The first-order valence-corrected chi connectivity index (χ1v) is 9.81. The highest BCUT2D eigenvalue weighted by Gasteiger charge is 2.29. The zero-order valence-corrected chi connectivity index (χ0v) is 14.8. The van der Waals surface area contributed by atoms with Crippen molar-refractivity contribution in [2.24, 2.45) is 11.7 Å². The van der Waals surface area contributed by atoms with Crippen molar-refractivity contribution < 1.29 is 4.79 Å². The van der Waals surface area contributed by atoms with Gasteiger partial charge in [-0.05, 0) is 55.9 Å². The fourth-order valence-electron chi connectivity index (χ4n) is 4.74. The molecule has 132 valence electrons. The molecule has 3 heteroatoms. The smallest absolute Gasteiger partial charge is 0.218 e. The van der Waals surface area contributed by atoms with Crippen molar-refractivity contribution in [2.45, 2.75) is 82.2 Å². The second-order valence-electron chi connectivity index (χ2n) is 7.80. The molecule has 3 nitrogen and oxygen atoms in total. The quantitative estimate of drug-likeness (QED) is 0.825. The van der Waals surface area contributed by atoms with Crippen LogP contribution < -0.4 is 11.1 Å². The van der Waals surface area contributed by atoms with Gasteiger partial charge in [0.05, 0.1) is 0 Å². The maximum absolute atomic E-state index is 11.5. The van der Waals surface area contributed by atoms with Crippen LogP contribution in [0.3, 0.4) is 0 Å². The van der Waals surface area contributed by atoms with E-state index in [1.54, 1.807) is 0 Å². The molecular weight excluding hydrogens is 296 g/mol. The van der Waals surface area contributed by atoms with Crippen LogP contribution in [0.1, 0.15) is 75.7 Å². The number of carbonyl (C=O) groups is 1. The van der Waals surface area contributed by atoms with Crippen molar-refractivity contribution in [2.75, 3.05) is 0 Å². The minimum Gasteiger partial charge on any atom is -0.370 e. The molecule has 2 saturated carbocycles. The molecule has 1 atom stereocenters. The third-order valence-corrected chi connectivity index (χ3v) is 6.09. The Morgan fingerprint density at radius 3 is 2.29 bits per heavy atom. The van der Waals surface area contributed by atoms with Crippen molar-refractivity contribution in [3.8, 4) is 0 Å². The summed E-state index contributed by atoms with van der Waals surface area (Å²) in [5.41, 5.74) is 7.01. The van der Waals surface area contributed by atoms with Gasteiger partial charge in [-0.1, -0.05) is 49.6 Å². The van der Waals surface area contributed by atoms with Gasteiger partial charge in [0.15, 0.2) is 0 Å². The van der Waals surface area contributed by atoms with E-state index in [4.69, 9.17) is 5.73 Å². The van der Waals surface area contributed by atoms with Crippen molar-refractivity contribution >= 4 is 5.91 Å². The molecule has 0 radical (unpaired) electrons. The number of nitrogens with two attached hydrogens (primary N) is 1. The molecule has 0 spiro atoms. The van der Waals surface area contributed by atoms with E-state index in [-0.39, 0.29) is 5.91 Å². The zero-order valence-electron chi connectivity index (χ0n) is 14.8. The largest absolute Gasteiger partial charge is 0.370 e. The van der Waals surface area contributed by atoms with Gasteiger partial charge in [-0.25, -0.2) is 0 Å². The monoisotopic (exact) mass is 328 g/mol. The van der Waals surface area contributed by atoms with Gasteiger partial charge < -0.3 is 11.1 Å². The molecule has 2 aliphatic rings. The van der Waals surface area contributed by atoms with Gasteiger partial charge in [0, 0.05) is 18.5 Å². The minimum absolute atomic E-state index is 0.156. The normalized spacial score (nSPS) is 26.8. The summed E-state index contributed by atoms with van der Waals surface area (Å²) in [6.07, 6.45) is 11.9. The summed E-state index contributed by atoms with van der Waals surface area (Å²) in [6.45, 7) is 0. The average Bonchev–Trinajstić information content (AvgIpc) is 2.63. The fraction of sp³-hybridized carbons (Fsp3) is 0.667. The van der Waals surface area contributed by atoms with Crippen LogP contribution in [0.5, 0.6) is 0 Å². The first-order chi connectivity index (χ1) is 11.7. The number of primary amides is 1. The van der Waals surface area contributed by atoms with E-state index in [1.165, 1.54) is 63.4 Å². The van der Waals surface area contributed by atoms with Crippen LogP contribution >= 0.6 is 0 Å². The molecule has 1 aromatic rings. The Hall–Kier alpha value is -1.35. The maximum atomic E-state index is 11.5. The van der Waals surface area contributed by atoms with Gasteiger partial charge in [-0.2, -0.15) is 0 Å². The summed E-state index contributed by atoms with van der Waals surface area (Å²) in [7, 11) is 0. The number of benzene rings is 1. The van der Waals surface area contributed by atoms with E-state index in [0.717, 1.165) is 0 Å². The molecule has 3 N–H and O–H groups in total. The molecule has 0 bridgehead atoms. The third kappa shape index (κ3) is 4.83. The van der Waals surface area contributed by atoms with E-state index in [1.807, 2.05) is 0 Å². The van der Waals surface area contributed by atoms with Crippen molar-refractivity contribution in [1.82, 2.24) is 5.32 Å². The number of amides is 1. The Balaban J connectivity index is 1.53. The predicted molar refractivity (Wildman–Crippen MR) is 98.7 cm³/mol. The van der Waals surface area contributed by atoms with Crippen LogP contribution in [-0.4, -0.2) is 18.0 Å². The van der Waals surface area contributed by atoms with E-state index < -0.39 is 0 Å². The molecule has 2 aliphatic carbocycles. The topological polar surface area (TPSA) is 55.1 Å². The van der Waals surface area contributed by atoms with Crippen LogP contribution in [0, 0.1) is 5.92 Å². The van der Waals surface area contributed by atoms with Crippen molar-refractivity contribution in [3.05, 3.63) is 35.9 Å². The summed E-state index contributed by atoms with van der Waals surface area (Å²) in [6, 6.07) is 11.7. The highest BCUT2D eigenvalue weighted by atomic mass is 16.1. The number of rotatable bonds is 6. The molecule has 1 aromatic carbocycles. The molecule has 0 aliphatic heterocycles. The summed E-state index contributed by atoms with van der Waals surface area (Å²) in [4.78, 5) is 11.5. The lowest BCUT2D eigenvalue weighted by molar-refractivity contribution is -0.118. The summed E-state index contributed by atoms with van der Waals surface area (Å²) in [5, 5.41) is 3.83. The molecule has 3 rings (SSSR count). The molecular formula is C21H32N2O. The summed E-state index contributed by atoms with van der Waals surface area (Å²) < 4.78 is 0. The second-order valence-corrected chi connectivity index (χ2v) is 7.80. The first-order valence-electron chi connectivity index (χ1n) is 9.81. The van der Waals surface area contributed by atoms with E-state index in [9.17, 15) is 4.79 Å². The van der Waals surface area contributed by atoms with Gasteiger partial charge >= 0.3 is 0 Å². The minimum atomic E-state index is -0.156. The lowest BCUT2D eigenvalue weighted by Gasteiger charge is -2.36. The Labute approximate surface area is 146 Å². The molecule has 0 saturated heterocycles. The molecule has 2 fully saturated rings. The van der Waals surface area contributed by atoms with Crippen molar-refractivity contribution in [3.63, 3.8) is 0 Å². The van der Waals surface area contributed by atoms with E-state index in [2.05, 4.69) is 35.6 Å². The Kier molecular flexibility index (Phi) is 6.30. The Morgan fingerprint density at radius 2 is 1.67 bits per heavy atom. The lowest BCUT2D eigenvalue weighted by atomic mass is 9.79. The van der Waals surface area contributed by atoms with Crippen LogP contribution in [-0.2, 0) is 4.79 Å². The standard InChI is InChI=1S/C21H32N2O/c22-21(24)15-20(18-9-5-2-6-10-18)23-19-13-11-17(12-14-19)16-7-3-1-4-8-16/h1,3-4,7-8,17-20,23H,2,5-6,9-15H2,(H2,22,24). The van der Waals surface area contributed by atoms with Crippen LogP contribution in [0.4, 0.5) is 0 Å². The molecule has 1 amide bonds. The molecule has 1 unspecified atom stereocenters. The Morgan fingerprint density at radius 1 is 1.00 bits per heavy atom. The molecule has 0 heterocycles. The van der Waals surface area contributed by atoms with E-state index >= 15 is 0 Å². The van der Waals surface area contributed by atoms with Gasteiger partial charge in [-0.3, -0.25) is 4.79 Å². The lowest BCUT2D eigenvalue weighted by Crippen LogP contribution is -2.46. The number of hydrogen-bond donors (Lipinski definition) is 2.